The molecular weight excluding hydrogens is 544 g/mol. The Morgan fingerprint density at radius 3 is 2.48 bits per heavy atom. The summed E-state index contributed by atoms with van der Waals surface area (Å²) in [6.45, 7) is 0. The maximum atomic E-state index is 12.5. The van der Waals surface area contributed by atoms with Crippen molar-refractivity contribution in [3.05, 3.63) is 57.7 Å². The van der Waals surface area contributed by atoms with Crippen LogP contribution in [0.4, 0.5) is 5.69 Å². The molecule has 0 radical (unpaired) electrons. The van der Waals surface area contributed by atoms with Gasteiger partial charge in [-0.25, -0.2) is 0 Å². The van der Waals surface area contributed by atoms with Crippen molar-refractivity contribution in [3.63, 3.8) is 0 Å². The fourth-order valence-corrected chi connectivity index (χ4v) is 3.18. The smallest absolute Gasteiger partial charge is 0.253 e. The van der Waals surface area contributed by atoms with E-state index >= 15 is 0 Å². The summed E-state index contributed by atoms with van der Waals surface area (Å²) in [5.41, 5.74) is 1.07. The SMILES string of the molecule is COc1ccccc1NC(=S)N[C@H](NC(=O)c1cccc(I)c1)C(Cl)(Cl)Cl. The van der Waals surface area contributed by atoms with Crippen LogP contribution in [0.25, 0.3) is 0 Å². The predicted molar refractivity (Wildman–Crippen MR) is 123 cm³/mol. The molecule has 0 unspecified atom stereocenters. The number of nitrogens with one attached hydrogen (secondary N) is 3. The van der Waals surface area contributed by atoms with Crippen LogP contribution in [0.15, 0.2) is 48.5 Å². The van der Waals surface area contributed by atoms with Crippen molar-refractivity contribution in [2.75, 3.05) is 12.4 Å². The summed E-state index contributed by atoms with van der Waals surface area (Å²) in [7, 11) is 1.54. The van der Waals surface area contributed by atoms with Gasteiger partial charge in [-0.15, -0.1) is 0 Å². The molecule has 5 nitrogen and oxygen atoms in total. The fourth-order valence-electron chi connectivity index (χ4n) is 2.08. The number of anilines is 1. The van der Waals surface area contributed by atoms with Gasteiger partial charge >= 0.3 is 0 Å². The number of halogens is 4. The third-order valence-electron chi connectivity index (χ3n) is 3.32. The number of benzene rings is 2. The number of methoxy groups -OCH3 is 1. The van der Waals surface area contributed by atoms with Crippen LogP contribution < -0.4 is 20.7 Å². The Hall–Kier alpha value is -1.000. The number of para-hydroxylation sites is 2. The van der Waals surface area contributed by atoms with Crippen LogP contribution in [0.2, 0.25) is 0 Å². The molecule has 0 fully saturated rings. The van der Waals surface area contributed by atoms with Gasteiger partial charge in [-0.2, -0.15) is 0 Å². The molecular formula is C17H15Cl3IN3O2S. The highest BCUT2D eigenvalue weighted by Gasteiger charge is 2.35. The van der Waals surface area contributed by atoms with E-state index in [-0.39, 0.29) is 5.11 Å². The van der Waals surface area contributed by atoms with Crippen molar-refractivity contribution in [1.29, 1.82) is 0 Å². The standard InChI is InChI=1S/C17H15Cl3IN3O2S/c1-26-13-8-3-2-7-12(13)22-16(27)24-15(17(18,19)20)23-14(25)10-5-4-6-11(21)9-10/h2-9,15H,1H3,(H,23,25)(H2,22,24,27)/t15-/m0/s1. The Morgan fingerprint density at radius 1 is 1.15 bits per heavy atom. The zero-order chi connectivity index (χ0) is 20.0. The van der Waals surface area contributed by atoms with Crippen molar-refractivity contribution in [2.24, 2.45) is 0 Å². The molecule has 0 saturated carbocycles. The number of alkyl halides is 3. The van der Waals surface area contributed by atoms with E-state index in [1.807, 2.05) is 18.2 Å². The zero-order valence-corrected chi connectivity index (χ0v) is 19.2. The number of amides is 1. The monoisotopic (exact) mass is 557 g/mol. The molecule has 3 N–H and O–H groups in total. The summed E-state index contributed by atoms with van der Waals surface area (Å²) in [5.74, 6) is 0.187. The lowest BCUT2D eigenvalue weighted by Crippen LogP contribution is -2.56. The van der Waals surface area contributed by atoms with E-state index in [4.69, 9.17) is 51.8 Å². The molecule has 1 atom stereocenters. The molecule has 0 saturated heterocycles. The second-order valence-corrected chi connectivity index (χ2v) is 9.28. The third-order valence-corrected chi connectivity index (χ3v) is 4.87. The number of hydrogen-bond acceptors (Lipinski definition) is 3. The van der Waals surface area contributed by atoms with Gasteiger partial charge in [0.2, 0.25) is 3.79 Å². The predicted octanol–water partition coefficient (Wildman–Crippen LogP) is 4.71. The number of thiocarbonyl (C=S) groups is 1. The lowest BCUT2D eigenvalue weighted by molar-refractivity contribution is 0.0934. The van der Waals surface area contributed by atoms with E-state index in [0.717, 1.165) is 3.57 Å². The van der Waals surface area contributed by atoms with Crippen LogP contribution in [0, 0.1) is 3.57 Å². The second-order valence-electron chi connectivity index (χ2n) is 5.26. The van der Waals surface area contributed by atoms with Crippen molar-refractivity contribution < 1.29 is 9.53 Å². The van der Waals surface area contributed by atoms with Crippen molar-refractivity contribution in [2.45, 2.75) is 9.96 Å². The fraction of sp³-hybridized carbons (Fsp3) is 0.176. The van der Waals surface area contributed by atoms with Gasteiger partial charge in [0.25, 0.3) is 5.91 Å². The molecule has 0 spiro atoms. The molecule has 2 aromatic carbocycles. The highest BCUT2D eigenvalue weighted by Crippen LogP contribution is 2.30. The summed E-state index contributed by atoms with van der Waals surface area (Å²) in [4.78, 5) is 12.5. The highest BCUT2D eigenvalue weighted by molar-refractivity contribution is 14.1. The molecule has 1 amide bonds. The van der Waals surface area contributed by atoms with Crippen LogP contribution in [-0.4, -0.2) is 28.1 Å². The molecule has 144 valence electrons. The van der Waals surface area contributed by atoms with E-state index in [0.29, 0.717) is 17.0 Å². The maximum Gasteiger partial charge on any atom is 0.253 e. The molecule has 0 heterocycles. The van der Waals surface area contributed by atoms with Crippen molar-refractivity contribution in [3.8, 4) is 5.75 Å². The van der Waals surface area contributed by atoms with Crippen LogP contribution >= 0.6 is 69.6 Å². The summed E-state index contributed by atoms with van der Waals surface area (Å²) in [6.07, 6.45) is -1.07. The molecule has 2 aromatic rings. The molecule has 10 heteroatoms. The van der Waals surface area contributed by atoms with Crippen LogP contribution in [0.5, 0.6) is 5.75 Å². The number of rotatable bonds is 5. The Kier molecular flexibility index (Phi) is 8.23. The summed E-state index contributed by atoms with van der Waals surface area (Å²) in [5, 5.41) is 8.55. The lowest BCUT2D eigenvalue weighted by atomic mass is 10.2. The molecule has 27 heavy (non-hydrogen) atoms. The Balaban J connectivity index is 2.10. The number of ether oxygens (including phenoxy) is 1. The van der Waals surface area contributed by atoms with Gasteiger partial charge in [-0.1, -0.05) is 53.0 Å². The zero-order valence-electron chi connectivity index (χ0n) is 13.9. The maximum absolute atomic E-state index is 12.5. The van der Waals surface area contributed by atoms with Crippen LogP contribution in [-0.2, 0) is 0 Å². The molecule has 0 aliphatic carbocycles. The van der Waals surface area contributed by atoms with Crippen LogP contribution in [0.3, 0.4) is 0 Å². The van der Waals surface area contributed by atoms with Crippen LogP contribution in [0.1, 0.15) is 10.4 Å². The second kappa shape index (κ2) is 9.97. The minimum absolute atomic E-state index is 0.152. The van der Waals surface area contributed by atoms with Gasteiger partial charge in [0, 0.05) is 9.13 Å². The first-order chi connectivity index (χ1) is 12.7. The average Bonchev–Trinajstić information content (AvgIpc) is 2.60. The molecule has 0 bridgehead atoms. The summed E-state index contributed by atoms with van der Waals surface area (Å²) >= 11 is 25.4. The topological polar surface area (TPSA) is 62.4 Å². The Labute approximate surface area is 191 Å². The minimum Gasteiger partial charge on any atom is -0.495 e. The van der Waals surface area contributed by atoms with E-state index in [9.17, 15) is 4.79 Å². The van der Waals surface area contributed by atoms with Gasteiger partial charge in [-0.05, 0) is 65.1 Å². The van der Waals surface area contributed by atoms with E-state index < -0.39 is 15.9 Å². The van der Waals surface area contributed by atoms with Gasteiger partial charge in [0.05, 0.1) is 12.8 Å². The molecule has 0 aliphatic rings. The largest absolute Gasteiger partial charge is 0.495 e. The normalized spacial score (nSPS) is 12.0. The minimum atomic E-state index is -1.84. The van der Waals surface area contributed by atoms with Gasteiger partial charge in [0.15, 0.2) is 5.11 Å². The average molecular weight is 559 g/mol. The summed E-state index contributed by atoms with van der Waals surface area (Å²) in [6, 6.07) is 14.2. The Morgan fingerprint density at radius 2 is 1.85 bits per heavy atom. The number of hydrogen-bond donors (Lipinski definition) is 3. The summed E-state index contributed by atoms with van der Waals surface area (Å²) < 4.78 is 4.32. The van der Waals surface area contributed by atoms with Crippen molar-refractivity contribution >= 4 is 86.3 Å². The third kappa shape index (κ3) is 6.83. The first-order valence-corrected chi connectivity index (χ1v) is 10.2. The number of carbonyl (C=O) groups is 1. The molecule has 0 aliphatic heterocycles. The van der Waals surface area contributed by atoms with Gasteiger partial charge < -0.3 is 20.7 Å². The molecule has 0 aromatic heterocycles. The molecule has 2 rings (SSSR count). The lowest BCUT2D eigenvalue weighted by Gasteiger charge is -2.28. The number of carbonyl (C=O) groups excluding carboxylic acids is 1. The van der Waals surface area contributed by atoms with E-state index in [1.165, 1.54) is 0 Å². The first kappa shape index (κ1) is 22.3. The van der Waals surface area contributed by atoms with E-state index in [1.54, 1.807) is 37.4 Å². The van der Waals surface area contributed by atoms with Gasteiger partial charge in [0.1, 0.15) is 11.9 Å². The van der Waals surface area contributed by atoms with Crippen molar-refractivity contribution in [1.82, 2.24) is 10.6 Å². The van der Waals surface area contributed by atoms with Gasteiger partial charge in [-0.3, -0.25) is 4.79 Å². The quantitative estimate of drug-likeness (QED) is 0.215. The Bertz CT molecular complexity index is 833. The first-order valence-electron chi connectivity index (χ1n) is 7.54. The highest BCUT2D eigenvalue weighted by atomic mass is 127. The van der Waals surface area contributed by atoms with E-state index in [2.05, 4.69) is 38.5 Å².